The molecule has 1 atom stereocenters. The number of halogens is 1. The van der Waals surface area contributed by atoms with Crippen LogP contribution in [0.5, 0.6) is 0 Å². The van der Waals surface area contributed by atoms with E-state index in [0.717, 1.165) is 16.6 Å². The van der Waals surface area contributed by atoms with Gasteiger partial charge in [-0.15, -0.1) is 0 Å². The second-order valence-electron chi connectivity index (χ2n) is 6.22. The minimum Gasteiger partial charge on any atom is -0.367 e. The molecule has 132 valence electrons. The van der Waals surface area contributed by atoms with E-state index in [0.29, 0.717) is 17.1 Å². The first-order chi connectivity index (χ1) is 13.1. The van der Waals surface area contributed by atoms with Gasteiger partial charge in [0.2, 0.25) is 0 Å². The summed E-state index contributed by atoms with van der Waals surface area (Å²) in [5.41, 5.74) is 2.96. The summed E-state index contributed by atoms with van der Waals surface area (Å²) < 4.78 is 1.98. The van der Waals surface area contributed by atoms with E-state index in [1.807, 2.05) is 34.9 Å². The average molecular weight is 378 g/mol. The molecule has 0 aliphatic carbocycles. The SMILES string of the molecule is O=[N+]([O-])c1ccccc1C1Nc2c(Cl)ncnc2-n2c1cc1ccccc12. The predicted molar refractivity (Wildman–Crippen MR) is 102 cm³/mol. The normalized spacial score (nSPS) is 15.1. The Balaban J connectivity index is 1.85. The van der Waals surface area contributed by atoms with Crippen molar-refractivity contribution < 1.29 is 4.92 Å². The molecule has 4 aromatic rings. The van der Waals surface area contributed by atoms with Crippen molar-refractivity contribution in [1.82, 2.24) is 14.5 Å². The van der Waals surface area contributed by atoms with Gasteiger partial charge in [0.15, 0.2) is 11.0 Å². The number of aromatic nitrogens is 3. The number of hydrogen-bond acceptors (Lipinski definition) is 5. The molecular weight excluding hydrogens is 366 g/mol. The lowest BCUT2D eigenvalue weighted by atomic mass is 9.99. The monoisotopic (exact) mass is 377 g/mol. The van der Waals surface area contributed by atoms with Crippen molar-refractivity contribution in [2.45, 2.75) is 6.04 Å². The molecule has 1 aliphatic rings. The van der Waals surface area contributed by atoms with Crippen LogP contribution in [0.1, 0.15) is 17.3 Å². The maximum absolute atomic E-state index is 11.6. The van der Waals surface area contributed by atoms with E-state index < -0.39 is 6.04 Å². The Kier molecular flexibility index (Phi) is 3.38. The highest BCUT2D eigenvalue weighted by Crippen LogP contribution is 2.43. The summed E-state index contributed by atoms with van der Waals surface area (Å²) in [5, 5.41) is 16.2. The van der Waals surface area contributed by atoms with Gasteiger partial charge in [0.25, 0.3) is 5.69 Å². The zero-order valence-corrected chi connectivity index (χ0v) is 14.6. The number of hydrogen-bond donors (Lipinski definition) is 1. The zero-order valence-electron chi connectivity index (χ0n) is 13.8. The molecule has 0 saturated heterocycles. The van der Waals surface area contributed by atoms with Gasteiger partial charge >= 0.3 is 0 Å². The predicted octanol–water partition coefficient (Wildman–Crippen LogP) is 4.50. The largest absolute Gasteiger partial charge is 0.367 e. The van der Waals surface area contributed by atoms with Gasteiger partial charge in [-0.05, 0) is 18.2 Å². The molecule has 2 aromatic heterocycles. The van der Waals surface area contributed by atoms with Crippen molar-refractivity contribution in [2.75, 3.05) is 5.32 Å². The molecule has 1 aliphatic heterocycles. The molecule has 0 spiro atoms. The van der Waals surface area contributed by atoms with Crippen LogP contribution in [0.15, 0.2) is 60.9 Å². The van der Waals surface area contributed by atoms with E-state index in [-0.39, 0.29) is 15.8 Å². The lowest BCUT2D eigenvalue weighted by Gasteiger charge is -2.29. The Morgan fingerprint density at radius 2 is 1.89 bits per heavy atom. The van der Waals surface area contributed by atoms with E-state index in [4.69, 9.17) is 11.6 Å². The van der Waals surface area contributed by atoms with Crippen molar-refractivity contribution in [2.24, 2.45) is 0 Å². The van der Waals surface area contributed by atoms with E-state index >= 15 is 0 Å². The van der Waals surface area contributed by atoms with Crippen LogP contribution in [0.3, 0.4) is 0 Å². The van der Waals surface area contributed by atoms with Crippen LogP contribution in [0.2, 0.25) is 5.15 Å². The maximum atomic E-state index is 11.6. The van der Waals surface area contributed by atoms with Crippen molar-refractivity contribution in [1.29, 1.82) is 0 Å². The van der Waals surface area contributed by atoms with Crippen molar-refractivity contribution in [3.63, 3.8) is 0 Å². The number of para-hydroxylation sites is 2. The molecule has 5 rings (SSSR count). The summed E-state index contributed by atoms with van der Waals surface area (Å²) >= 11 is 6.32. The fraction of sp³-hybridized carbons (Fsp3) is 0.0526. The number of nitrogens with one attached hydrogen (secondary N) is 1. The van der Waals surface area contributed by atoms with E-state index in [2.05, 4.69) is 15.3 Å². The van der Waals surface area contributed by atoms with Gasteiger partial charge in [-0.2, -0.15) is 0 Å². The Bertz CT molecular complexity index is 1220. The van der Waals surface area contributed by atoms with Crippen LogP contribution in [0, 0.1) is 10.1 Å². The van der Waals surface area contributed by atoms with E-state index in [1.54, 1.807) is 18.2 Å². The Labute approximate surface area is 158 Å². The van der Waals surface area contributed by atoms with E-state index in [9.17, 15) is 10.1 Å². The molecule has 8 heteroatoms. The zero-order chi connectivity index (χ0) is 18.5. The molecule has 7 nitrogen and oxygen atoms in total. The van der Waals surface area contributed by atoms with Gasteiger partial charge in [-0.25, -0.2) is 9.97 Å². The summed E-state index contributed by atoms with van der Waals surface area (Å²) in [5.74, 6) is 0.626. The summed E-state index contributed by atoms with van der Waals surface area (Å²) in [6.07, 6.45) is 1.41. The average Bonchev–Trinajstić information content (AvgIpc) is 3.07. The Hall–Kier alpha value is -3.45. The third-order valence-electron chi connectivity index (χ3n) is 4.76. The highest BCUT2D eigenvalue weighted by atomic mass is 35.5. The summed E-state index contributed by atoms with van der Waals surface area (Å²) in [4.78, 5) is 19.7. The first kappa shape index (κ1) is 15.8. The maximum Gasteiger partial charge on any atom is 0.275 e. The standard InChI is InChI=1S/C19H12ClN5O2/c20-18-17-19(22-10-21-18)24-13-7-3-1-5-11(13)9-15(24)16(23-17)12-6-2-4-8-14(12)25(26)27/h1-10,16,23H. The van der Waals surface area contributed by atoms with Gasteiger partial charge in [0, 0.05) is 11.5 Å². The van der Waals surface area contributed by atoms with Gasteiger partial charge in [-0.1, -0.05) is 41.9 Å². The molecule has 3 heterocycles. The van der Waals surface area contributed by atoms with Gasteiger partial charge in [0.05, 0.1) is 27.7 Å². The lowest BCUT2D eigenvalue weighted by Crippen LogP contribution is -2.24. The Morgan fingerprint density at radius 1 is 1.11 bits per heavy atom. The number of nitrogens with zero attached hydrogens (tertiary/aromatic N) is 4. The van der Waals surface area contributed by atoms with Crippen LogP contribution in [-0.2, 0) is 0 Å². The van der Waals surface area contributed by atoms with Gasteiger partial charge in [0.1, 0.15) is 12.0 Å². The first-order valence-electron chi connectivity index (χ1n) is 8.26. The number of fused-ring (bicyclic) bond motifs is 5. The molecule has 0 fully saturated rings. The molecule has 1 N–H and O–H groups in total. The smallest absolute Gasteiger partial charge is 0.275 e. The Morgan fingerprint density at radius 3 is 2.74 bits per heavy atom. The summed E-state index contributed by atoms with van der Waals surface area (Å²) in [7, 11) is 0. The first-order valence-corrected chi connectivity index (χ1v) is 8.64. The van der Waals surface area contributed by atoms with Crippen molar-refractivity contribution in [3.8, 4) is 5.82 Å². The summed E-state index contributed by atoms with van der Waals surface area (Å²) in [6, 6.07) is 16.1. The molecular formula is C19H12ClN5O2. The molecule has 0 radical (unpaired) electrons. The minimum atomic E-state index is -0.463. The fourth-order valence-electron chi connectivity index (χ4n) is 3.63. The molecule has 2 aromatic carbocycles. The van der Waals surface area contributed by atoms with Crippen molar-refractivity contribution >= 4 is 33.9 Å². The van der Waals surface area contributed by atoms with E-state index in [1.165, 1.54) is 12.4 Å². The number of benzene rings is 2. The quantitative estimate of drug-likeness (QED) is 0.316. The third-order valence-corrected chi connectivity index (χ3v) is 5.05. The van der Waals surface area contributed by atoms with Gasteiger partial charge in [-0.3, -0.25) is 14.7 Å². The topological polar surface area (TPSA) is 85.9 Å². The van der Waals surface area contributed by atoms with Crippen LogP contribution >= 0.6 is 11.6 Å². The lowest BCUT2D eigenvalue weighted by molar-refractivity contribution is -0.385. The molecule has 1 unspecified atom stereocenters. The van der Waals surface area contributed by atoms with Crippen LogP contribution in [0.4, 0.5) is 11.4 Å². The second-order valence-corrected chi connectivity index (χ2v) is 6.58. The number of rotatable bonds is 2. The van der Waals surface area contributed by atoms with Crippen LogP contribution in [-0.4, -0.2) is 19.5 Å². The minimum absolute atomic E-state index is 0.0447. The van der Waals surface area contributed by atoms with Crippen LogP contribution < -0.4 is 5.32 Å². The third kappa shape index (κ3) is 2.29. The molecule has 27 heavy (non-hydrogen) atoms. The second kappa shape index (κ2) is 5.78. The fourth-order valence-corrected chi connectivity index (χ4v) is 3.81. The number of nitro benzene ring substituents is 1. The highest BCUT2D eigenvalue weighted by molar-refractivity contribution is 6.32. The summed E-state index contributed by atoms with van der Waals surface area (Å²) in [6.45, 7) is 0. The van der Waals surface area contributed by atoms with Crippen molar-refractivity contribution in [3.05, 3.63) is 87.4 Å². The highest BCUT2D eigenvalue weighted by Gasteiger charge is 2.33. The van der Waals surface area contributed by atoms with Crippen LogP contribution in [0.25, 0.3) is 16.7 Å². The van der Waals surface area contributed by atoms with Gasteiger partial charge < -0.3 is 5.32 Å². The molecule has 0 amide bonds. The number of nitro groups is 1. The molecule has 0 saturated carbocycles. The molecule has 0 bridgehead atoms. The number of anilines is 1.